The van der Waals surface area contributed by atoms with Gasteiger partial charge >= 0.3 is 15.1 Å². The standard InChI is InChI=1S/C16H15NO7S2/c1-12(14-5-3-13(10-18)4-6-14)15-7-8-17(2)16(9-15)26(22,23)24-11-25(19,20)21/h3-10H,1,11H2,2H3/p+1. The van der Waals surface area contributed by atoms with Crippen LogP contribution >= 0.6 is 0 Å². The molecule has 0 radical (unpaired) electrons. The highest BCUT2D eigenvalue weighted by Crippen LogP contribution is 2.23. The van der Waals surface area contributed by atoms with Crippen LogP contribution in [0.4, 0.5) is 0 Å². The summed E-state index contributed by atoms with van der Waals surface area (Å²) in [6.07, 6.45) is 2.15. The Kier molecular flexibility index (Phi) is 5.71. The van der Waals surface area contributed by atoms with Gasteiger partial charge in [-0.3, -0.25) is 9.35 Å². The second kappa shape index (κ2) is 7.46. The van der Waals surface area contributed by atoms with E-state index in [4.69, 9.17) is 4.55 Å². The lowest BCUT2D eigenvalue weighted by Crippen LogP contribution is -2.36. The molecule has 26 heavy (non-hydrogen) atoms. The Balaban J connectivity index is 2.39. The number of aryl methyl sites for hydroxylation is 1. The molecule has 0 unspecified atom stereocenters. The third-order valence-electron chi connectivity index (χ3n) is 3.46. The highest BCUT2D eigenvalue weighted by molar-refractivity contribution is 7.89. The summed E-state index contributed by atoms with van der Waals surface area (Å²) in [7, 11) is -7.61. The van der Waals surface area contributed by atoms with Crippen LogP contribution in [0.1, 0.15) is 21.5 Å². The van der Waals surface area contributed by atoms with Gasteiger partial charge in [0, 0.05) is 17.7 Å². The minimum absolute atomic E-state index is 0.315. The van der Waals surface area contributed by atoms with Gasteiger partial charge in [0.05, 0.1) is 0 Å². The topological polar surface area (TPSA) is 119 Å². The quantitative estimate of drug-likeness (QED) is 0.319. The summed E-state index contributed by atoms with van der Waals surface area (Å²) in [5, 5.41) is -0.315. The van der Waals surface area contributed by atoms with Crippen molar-refractivity contribution < 1.29 is 34.9 Å². The average molecular weight is 398 g/mol. The fraction of sp³-hybridized carbons (Fsp3) is 0.125. The monoisotopic (exact) mass is 398 g/mol. The Hall–Kier alpha value is -2.40. The molecule has 10 heteroatoms. The maximum Gasteiger partial charge on any atom is 0.359 e. The number of aromatic nitrogens is 1. The molecule has 1 aromatic carbocycles. The molecule has 1 aromatic heterocycles. The molecular weight excluding hydrogens is 382 g/mol. The van der Waals surface area contributed by atoms with Gasteiger partial charge in [-0.25, -0.2) is 4.18 Å². The molecule has 138 valence electrons. The predicted molar refractivity (Wildman–Crippen MR) is 92.3 cm³/mol. The Morgan fingerprint density at radius 1 is 1.15 bits per heavy atom. The van der Waals surface area contributed by atoms with E-state index >= 15 is 0 Å². The van der Waals surface area contributed by atoms with Gasteiger partial charge in [0.2, 0.25) is 0 Å². The molecule has 1 N–H and O–H groups in total. The fourth-order valence-corrected chi connectivity index (χ4v) is 3.90. The minimum Gasteiger partial charge on any atom is -0.298 e. The SMILES string of the molecule is C=C(c1ccc(C=O)cc1)c1cc[n+](C)c(S(=O)(=O)OCS(=O)(=O)O)c1. The third-order valence-corrected chi connectivity index (χ3v) is 5.37. The molecule has 2 rings (SSSR count). The molecule has 0 aliphatic rings. The van der Waals surface area contributed by atoms with E-state index in [-0.39, 0.29) is 5.03 Å². The maximum atomic E-state index is 12.2. The van der Waals surface area contributed by atoms with E-state index in [1.54, 1.807) is 30.3 Å². The summed E-state index contributed by atoms with van der Waals surface area (Å²) < 4.78 is 60.1. The Morgan fingerprint density at radius 3 is 2.31 bits per heavy atom. The van der Waals surface area contributed by atoms with Gasteiger partial charge in [0.15, 0.2) is 12.1 Å². The summed E-state index contributed by atoms with van der Waals surface area (Å²) >= 11 is 0. The van der Waals surface area contributed by atoms with Crippen molar-refractivity contribution in [2.24, 2.45) is 7.05 Å². The number of benzene rings is 1. The largest absolute Gasteiger partial charge is 0.359 e. The van der Waals surface area contributed by atoms with Crippen LogP contribution in [0.25, 0.3) is 5.57 Å². The zero-order valence-electron chi connectivity index (χ0n) is 13.7. The molecule has 1 heterocycles. The van der Waals surface area contributed by atoms with E-state index in [0.29, 0.717) is 28.5 Å². The van der Waals surface area contributed by atoms with E-state index in [0.717, 1.165) is 0 Å². The van der Waals surface area contributed by atoms with Gasteiger partial charge in [-0.05, 0) is 16.7 Å². The number of rotatable bonds is 7. The fourth-order valence-electron chi connectivity index (χ4n) is 2.10. The molecule has 0 spiro atoms. The van der Waals surface area contributed by atoms with E-state index in [1.807, 2.05) is 0 Å². The van der Waals surface area contributed by atoms with Gasteiger partial charge in [-0.15, -0.1) is 0 Å². The molecule has 0 bridgehead atoms. The van der Waals surface area contributed by atoms with E-state index in [2.05, 4.69) is 10.8 Å². The minimum atomic E-state index is -4.61. The van der Waals surface area contributed by atoms with Gasteiger partial charge in [0.1, 0.15) is 13.3 Å². The second-order valence-corrected chi connectivity index (χ2v) is 8.32. The third kappa shape index (κ3) is 4.82. The lowest BCUT2D eigenvalue weighted by molar-refractivity contribution is -0.710. The van der Waals surface area contributed by atoms with Gasteiger partial charge in [0.25, 0.3) is 10.1 Å². The lowest BCUT2D eigenvalue weighted by Gasteiger charge is -2.08. The molecule has 0 atom stereocenters. The zero-order chi connectivity index (χ0) is 19.5. The first-order chi connectivity index (χ1) is 12.0. The second-order valence-electron chi connectivity index (χ2n) is 5.35. The summed E-state index contributed by atoms with van der Waals surface area (Å²) in [4.78, 5) is 10.7. The number of hydrogen-bond donors (Lipinski definition) is 1. The van der Waals surface area contributed by atoms with Crippen molar-refractivity contribution in [1.29, 1.82) is 0 Å². The molecule has 0 saturated carbocycles. The van der Waals surface area contributed by atoms with Crippen molar-refractivity contribution >= 4 is 32.1 Å². The number of pyridine rings is 1. The lowest BCUT2D eigenvalue weighted by atomic mass is 10.00. The summed E-state index contributed by atoms with van der Waals surface area (Å²) in [5.41, 5.74) is 2.11. The molecule has 0 fully saturated rings. The van der Waals surface area contributed by atoms with Crippen molar-refractivity contribution in [2.45, 2.75) is 5.03 Å². The zero-order valence-corrected chi connectivity index (χ0v) is 15.3. The van der Waals surface area contributed by atoms with Crippen molar-refractivity contribution in [1.82, 2.24) is 0 Å². The van der Waals surface area contributed by atoms with E-state index in [1.165, 1.54) is 23.9 Å². The van der Waals surface area contributed by atoms with Gasteiger partial charge in [-0.2, -0.15) is 21.4 Å². The number of carbonyl (C=O) groups is 1. The molecule has 0 aliphatic carbocycles. The van der Waals surface area contributed by atoms with Crippen LogP contribution in [0.15, 0.2) is 54.2 Å². The normalized spacial score (nSPS) is 11.9. The van der Waals surface area contributed by atoms with Gasteiger partial charge < -0.3 is 0 Å². The number of hydrogen-bond acceptors (Lipinski definition) is 6. The van der Waals surface area contributed by atoms with Crippen LogP contribution in [0.5, 0.6) is 0 Å². The van der Waals surface area contributed by atoms with Crippen LogP contribution in [-0.2, 0) is 31.5 Å². The van der Waals surface area contributed by atoms with Crippen molar-refractivity contribution in [3.05, 3.63) is 65.9 Å². The smallest absolute Gasteiger partial charge is 0.298 e. The molecule has 8 nitrogen and oxygen atoms in total. The van der Waals surface area contributed by atoms with Crippen molar-refractivity contribution in [3.63, 3.8) is 0 Å². The first-order valence-corrected chi connectivity index (χ1v) is 10.1. The van der Waals surface area contributed by atoms with Crippen LogP contribution in [-0.4, -0.2) is 33.6 Å². The molecule has 0 saturated heterocycles. The number of nitrogens with zero attached hydrogens (tertiary/aromatic N) is 1. The molecule has 0 aliphatic heterocycles. The van der Waals surface area contributed by atoms with Crippen LogP contribution in [0.2, 0.25) is 0 Å². The first-order valence-electron chi connectivity index (χ1n) is 7.13. The summed E-state index contributed by atoms with van der Waals surface area (Å²) in [5.74, 6) is -1.38. The highest BCUT2D eigenvalue weighted by atomic mass is 32.2. The van der Waals surface area contributed by atoms with Gasteiger partial charge in [-0.1, -0.05) is 30.8 Å². The van der Waals surface area contributed by atoms with Crippen LogP contribution in [0, 0.1) is 0 Å². The van der Waals surface area contributed by atoms with Crippen molar-refractivity contribution in [2.75, 3.05) is 5.94 Å². The first kappa shape index (κ1) is 19.9. The Bertz CT molecular complexity index is 1060. The molecule has 0 amide bonds. The summed E-state index contributed by atoms with van der Waals surface area (Å²) in [6.45, 7) is 3.92. The Labute approximate surface area is 151 Å². The number of carbonyl (C=O) groups excluding carboxylic acids is 1. The van der Waals surface area contributed by atoms with Crippen LogP contribution in [0.3, 0.4) is 0 Å². The Morgan fingerprint density at radius 2 is 1.77 bits per heavy atom. The van der Waals surface area contributed by atoms with Crippen molar-refractivity contribution in [3.8, 4) is 0 Å². The molecule has 2 aromatic rings. The van der Waals surface area contributed by atoms with E-state index in [9.17, 15) is 21.6 Å². The predicted octanol–water partition coefficient (Wildman–Crippen LogP) is 0.936. The summed E-state index contributed by atoms with van der Waals surface area (Å²) in [6, 6.07) is 9.43. The van der Waals surface area contributed by atoms with E-state index < -0.39 is 26.2 Å². The number of aldehydes is 1. The average Bonchev–Trinajstić information content (AvgIpc) is 2.59. The maximum absolute atomic E-state index is 12.2. The van der Waals surface area contributed by atoms with Crippen LogP contribution < -0.4 is 4.57 Å². The highest BCUT2D eigenvalue weighted by Gasteiger charge is 2.28. The molecular formula is C16H16NO7S2+.